The number of amides is 1. The van der Waals surface area contributed by atoms with Crippen molar-refractivity contribution in [3.8, 4) is 0 Å². The molecule has 0 aliphatic carbocycles. The highest BCUT2D eigenvalue weighted by Crippen LogP contribution is 2.07. The first kappa shape index (κ1) is 10.5. The van der Waals surface area contributed by atoms with E-state index in [9.17, 15) is 4.79 Å². The van der Waals surface area contributed by atoms with Crippen LogP contribution in [0.2, 0.25) is 0 Å². The second-order valence-electron chi connectivity index (χ2n) is 3.61. The molecular formula is C9H18N2O2. The predicted octanol–water partition coefficient (Wildman–Crippen LogP) is -0.124. The number of hydrogen-bond acceptors (Lipinski definition) is 3. The van der Waals surface area contributed by atoms with Gasteiger partial charge in [0.25, 0.3) is 0 Å². The fourth-order valence-electron chi connectivity index (χ4n) is 1.32. The predicted molar refractivity (Wildman–Crippen MR) is 50.2 cm³/mol. The van der Waals surface area contributed by atoms with E-state index in [-0.39, 0.29) is 17.9 Å². The van der Waals surface area contributed by atoms with Gasteiger partial charge in [-0.2, -0.15) is 0 Å². The van der Waals surface area contributed by atoms with Gasteiger partial charge in [-0.25, -0.2) is 0 Å². The van der Waals surface area contributed by atoms with E-state index in [0.29, 0.717) is 6.61 Å². The Hall–Kier alpha value is -0.610. The number of hydrogen-bond donors (Lipinski definition) is 2. The van der Waals surface area contributed by atoms with Crippen LogP contribution in [-0.2, 0) is 9.53 Å². The zero-order valence-corrected chi connectivity index (χ0v) is 8.08. The Balaban J connectivity index is 2.13. The molecule has 0 radical (unpaired) electrons. The average Bonchev–Trinajstić information content (AvgIpc) is 2.15. The van der Waals surface area contributed by atoms with Gasteiger partial charge in [0.15, 0.2) is 0 Å². The number of primary amides is 1. The third-order valence-corrected chi connectivity index (χ3v) is 2.32. The molecular weight excluding hydrogens is 168 g/mol. The van der Waals surface area contributed by atoms with Crippen LogP contribution in [0, 0.1) is 5.92 Å². The number of carbonyl (C=O) groups is 1. The molecule has 1 heterocycles. The molecule has 0 spiro atoms. The Morgan fingerprint density at radius 2 is 2.54 bits per heavy atom. The fourth-order valence-corrected chi connectivity index (χ4v) is 1.32. The molecule has 1 fully saturated rings. The number of piperidine rings is 1. The quantitative estimate of drug-likeness (QED) is 0.643. The standard InChI is InChI=1S/C9H18N2O2/c1-7(9(10)12)6-13-8-3-2-4-11-5-8/h7-8,11H,2-6H2,1H3,(H2,10,12)/t7?,8-/m0/s1. The zero-order chi connectivity index (χ0) is 9.68. The molecule has 13 heavy (non-hydrogen) atoms. The minimum Gasteiger partial charge on any atom is -0.376 e. The van der Waals surface area contributed by atoms with E-state index < -0.39 is 0 Å². The van der Waals surface area contributed by atoms with Gasteiger partial charge in [0, 0.05) is 6.54 Å². The third-order valence-electron chi connectivity index (χ3n) is 2.32. The van der Waals surface area contributed by atoms with Gasteiger partial charge in [-0.1, -0.05) is 6.92 Å². The molecule has 1 saturated heterocycles. The minimum absolute atomic E-state index is 0.179. The first-order valence-electron chi connectivity index (χ1n) is 4.82. The molecule has 0 bridgehead atoms. The van der Waals surface area contributed by atoms with Crippen molar-refractivity contribution in [2.75, 3.05) is 19.7 Å². The third kappa shape index (κ3) is 3.74. The van der Waals surface area contributed by atoms with Gasteiger partial charge in [-0.05, 0) is 19.4 Å². The summed E-state index contributed by atoms with van der Waals surface area (Å²) in [6, 6.07) is 0. The van der Waals surface area contributed by atoms with Crippen LogP contribution in [-0.4, -0.2) is 31.7 Å². The normalized spacial score (nSPS) is 25.5. The molecule has 3 N–H and O–H groups in total. The van der Waals surface area contributed by atoms with Crippen molar-refractivity contribution in [3.05, 3.63) is 0 Å². The lowest BCUT2D eigenvalue weighted by Gasteiger charge is -2.23. The SMILES string of the molecule is CC(CO[C@H]1CCCNC1)C(N)=O. The van der Waals surface area contributed by atoms with E-state index >= 15 is 0 Å². The number of nitrogens with one attached hydrogen (secondary N) is 1. The fraction of sp³-hybridized carbons (Fsp3) is 0.889. The number of ether oxygens (including phenoxy) is 1. The Labute approximate surface area is 78.8 Å². The zero-order valence-electron chi connectivity index (χ0n) is 8.08. The highest BCUT2D eigenvalue weighted by Gasteiger charge is 2.16. The smallest absolute Gasteiger partial charge is 0.222 e. The summed E-state index contributed by atoms with van der Waals surface area (Å²) < 4.78 is 5.54. The van der Waals surface area contributed by atoms with E-state index in [2.05, 4.69) is 5.32 Å². The van der Waals surface area contributed by atoms with E-state index in [4.69, 9.17) is 10.5 Å². The van der Waals surface area contributed by atoms with Crippen molar-refractivity contribution in [1.29, 1.82) is 0 Å². The van der Waals surface area contributed by atoms with Crippen LogP contribution >= 0.6 is 0 Å². The highest BCUT2D eigenvalue weighted by atomic mass is 16.5. The van der Waals surface area contributed by atoms with Crippen LogP contribution in [0.4, 0.5) is 0 Å². The molecule has 1 rings (SSSR count). The van der Waals surface area contributed by atoms with E-state index in [1.165, 1.54) is 0 Å². The minimum atomic E-state index is -0.288. The van der Waals surface area contributed by atoms with Crippen molar-refractivity contribution < 1.29 is 9.53 Å². The lowest BCUT2D eigenvalue weighted by Crippen LogP contribution is -2.37. The summed E-state index contributed by atoms with van der Waals surface area (Å²) in [5.41, 5.74) is 5.12. The van der Waals surface area contributed by atoms with Crippen LogP contribution in [0.5, 0.6) is 0 Å². The van der Waals surface area contributed by atoms with Crippen molar-refractivity contribution >= 4 is 5.91 Å². The molecule has 1 amide bonds. The number of carbonyl (C=O) groups excluding carboxylic acids is 1. The van der Waals surface area contributed by atoms with Gasteiger partial charge in [0.2, 0.25) is 5.91 Å². The molecule has 1 aliphatic rings. The Morgan fingerprint density at radius 1 is 1.77 bits per heavy atom. The van der Waals surface area contributed by atoms with Crippen LogP contribution < -0.4 is 11.1 Å². The molecule has 0 aromatic carbocycles. The van der Waals surface area contributed by atoms with Crippen molar-refractivity contribution in [1.82, 2.24) is 5.32 Å². The van der Waals surface area contributed by atoms with E-state index in [1.807, 2.05) is 0 Å². The van der Waals surface area contributed by atoms with Crippen LogP contribution in [0.3, 0.4) is 0 Å². The molecule has 4 heteroatoms. The van der Waals surface area contributed by atoms with Gasteiger partial charge in [0.1, 0.15) is 0 Å². The van der Waals surface area contributed by atoms with Gasteiger partial charge in [-0.15, -0.1) is 0 Å². The summed E-state index contributed by atoms with van der Waals surface area (Å²) in [5, 5.41) is 3.25. The molecule has 4 nitrogen and oxygen atoms in total. The van der Waals surface area contributed by atoms with Crippen molar-refractivity contribution in [2.24, 2.45) is 11.7 Å². The van der Waals surface area contributed by atoms with Gasteiger partial charge < -0.3 is 15.8 Å². The maximum Gasteiger partial charge on any atom is 0.222 e. The molecule has 2 atom stereocenters. The Kier molecular flexibility index (Phi) is 4.18. The maximum absolute atomic E-state index is 10.7. The molecule has 76 valence electrons. The van der Waals surface area contributed by atoms with Crippen molar-refractivity contribution in [3.63, 3.8) is 0 Å². The van der Waals surface area contributed by atoms with Gasteiger partial charge in [0.05, 0.1) is 18.6 Å². The second kappa shape index (κ2) is 5.19. The summed E-state index contributed by atoms with van der Waals surface area (Å²) in [7, 11) is 0. The number of rotatable bonds is 4. The summed E-state index contributed by atoms with van der Waals surface area (Å²) in [6.07, 6.45) is 2.49. The lowest BCUT2D eigenvalue weighted by atomic mass is 10.1. The molecule has 1 unspecified atom stereocenters. The number of nitrogens with two attached hydrogens (primary N) is 1. The van der Waals surface area contributed by atoms with Gasteiger partial charge >= 0.3 is 0 Å². The second-order valence-corrected chi connectivity index (χ2v) is 3.61. The Bertz CT molecular complexity index is 167. The summed E-state index contributed by atoms with van der Waals surface area (Å²) in [6.45, 7) is 4.21. The average molecular weight is 186 g/mol. The largest absolute Gasteiger partial charge is 0.376 e. The van der Waals surface area contributed by atoms with E-state index in [0.717, 1.165) is 25.9 Å². The van der Waals surface area contributed by atoms with Crippen LogP contribution in [0.15, 0.2) is 0 Å². The molecule has 0 aromatic rings. The van der Waals surface area contributed by atoms with Crippen molar-refractivity contribution in [2.45, 2.75) is 25.9 Å². The molecule has 0 saturated carbocycles. The lowest BCUT2D eigenvalue weighted by molar-refractivity contribution is -0.124. The topological polar surface area (TPSA) is 64.3 Å². The highest BCUT2D eigenvalue weighted by molar-refractivity contribution is 5.76. The summed E-state index contributed by atoms with van der Waals surface area (Å²) >= 11 is 0. The molecule has 0 aromatic heterocycles. The summed E-state index contributed by atoms with van der Waals surface area (Å²) in [4.78, 5) is 10.7. The first-order chi connectivity index (χ1) is 6.20. The maximum atomic E-state index is 10.7. The Morgan fingerprint density at radius 3 is 3.08 bits per heavy atom. The molecule has 1 aliphatic heterocycles. The summed E-state index contributed by atoms with van der Waals surface area (Å²) in [5.74, 6) is -0.467. The van der Waals surface area contributed by atoms with Crippen LogP contribution in [0.25, 0.3) is 0 Å². The van der Waals surface area contributed by atoms with Crippen LogP contribution in [0.1, 0.15) is 19.8 Å². The monoisotopic (exact) mass is 186 g/mol. The first-order valence-corrected chi connectivity index (χ1v) is 4.82. The van der Waals surface area contributed by atoms with E-state index in [1.54, 1.807) is 6.92 Å². The van der Waals surface area contributed by atoms with Gasteiger partial charge in [-0.3, -0.25) is 4.79 Å².